The fourth-order valence-corrected chi connectivity index (χ4v) is 3.84. The lowest BCUT2D eigenvalue weighted by Crippen LogP contribution is -2.04. The molecule has 16 heavy (non-hydrogen) atoms. The minimum atomic E-state index is 0.245. The molecule has 3 heteroatoms. The third-order valence-corrected chi connectivity index (χ3v) is 4.90. The first-order valence-corrected chi connectivity index (χ1v) is 7.10. The van der Waals surface area contributed by atoms with Crippen LogP contribution in [0.2, 0.25) is 0 Å². The Hall–Kier alpha value is -0.640. The summed E-state index contributed by atoms with van der Waals surface area (Å²) < 4.78 is 1.18. The molecule has 3 rings (SSSR count). The Morgan fingerprint density at radius 3 is 2.94 bits per heavy atom. The predicted molar refractivity (Wildman–Crippen MR) is 72.7 cm³/mol. The van der Waals surface area contributed by atoms with Crippen LogP contribution >= 0.6 is 27.3 Å². The van der Waals surface area contributed by atoms with Crippen LogP contribution in [0.4, 0.5) is 0 Å². The van der Waals surface area contributed by atoms with Gasteiger partial charge in [0.05, 0.1) is 0 Å². The molecule has 1 aromatic heterocycles. The molecule has 0 bridgehead atoms. The lowest BCUT2D eigenvalue weighted by atomic mass is 10.0. The third-order valence-electron chi connectivity index (χ3n) is 3.19. The maximum atomic E-state index is 6.04. The maximum absolute atomic E-state index is 6.04. The fourth-order valence-electron chi connectivity index (χ4n) is 2.31. The summed E-state index contributed by atoms with van der Waals surface area (Å²) in [7, 11) is 0. The van der Waals surface area contributed by atoms with Gasteiger partial charge in [0.25, 0.3) is 0 Å². The van der Waals surface area contributed by atoms with Crippen molar-refractivity contribution < 1.29 is 0 Å². The SMILES string of the molecule is NC1CCc2cc(-c3cscc3Br)ccc21. The third kappa shape index (κ3) is 1.63. The van der Waals surface area contributed by atoms with Crippen LogP contribution < -0.4 is 5.73 Å². The van der Waals surface area contributed by atoms with Gasteiger partial charge in [-0.2, -0.15) is 11.3 Å². The van der Waals surface area contributed by atoms with Crippen LogP contribution in [0.15, 0.2) is 33.4 Å². The van der Waals surface area contributed by atoms with Crippen molar-refractivity contribution in [3.05, 3.63) is 44.6 Å². The predicted octanol–water partition coefficient (Wildman–Crippen LogP) is 4.12. The van der Waals surface area contributed by atoms with Gasteiger partial charge in [-0.05, 0) is 50.8 Å². The van der Waals surface area contributed by atoms with Crippen LogP contribution in [0.25, 0.3) is 11.1 Å². The summed E-state index contributed by atoms with van der Waals surface area (Å²) in [6, 6.07) is 6.90. The van der Waals surface area contributed by atoms with E-state index in [4.69, 9.17) is 5.73 Å². The van der Waals surface area contributed by atoms with Gasteiger partial charge in [0, 0.05) is 21.5 Å². The first-order chi connectivity index (χ1) is 7.75. The van der Waals surface area contributed by atoms with Gasteiger partial charge in [0.1, 0.15) is 0 Å². The summed E-state index contributed by atoms with van der Waals surface area (Å²) in [5.74, 6) is 0. The van der Waals surface area contributed by atoms with E-state index in [1.54, 1.807) is 11.3 Å². The summed E-state index contributed by atoms with van der Waals surface area (Å²) in [5.41, 5.74) is 11.4. The number of hydrogen-bond acceptors (Lipinski definition) is 2. The number of rotatable bonds is 1. The number of nitrogens with two attached hydrogens (primary N) is 1. The molecule has 1 atom stereocenters. The molecule has 1 aromatic carbocycles. The Bertz CT molecular complexity index is 532. The highest BCUT2D eigenvalue weighted by atomic mass is 79.9. The number of thiophene rings is 1. The average molecular weight is 294 g/mol. The molecule has 1 nitrogen and oxygen atoms in total. The van der Waals surface area contributed by atoms with Crippen LogP contribution in [-0.2, 0) is 6.42 Å². The molecule has 0 spiro atoms. The van der Waals surface area contributed by atoms with Crippen molar-refractivity contribution in [2.75, 3.05) is 0 Å². The van der Waals surface area contributed by atoms with E-state index in [0.717, 1.165) is 12.8 Å². The normalized spacial score (nSPS) is 18.8. The van der Waals surface area contributed by atoms with Crippen molar-refractivity contribution in [3.63, 3.8) is 0 Å². The van der Waals surface area contributed by atoms with Gasteiger partial charge in [0.2, 0.25) is 0 Å². The van der Waals surface area contributed by atoms with Gasteiger partial charge >= 0.3 is 0 Å². The largest absolute Gasteiger partial charge is 0.324 e. The van der Waals surface area contributed by atoms with E-state index >= 15 is 0 Å². The molecule has 2 N–H and O–H groups in total. The number of fused-ring (bicyclic) bond motifs is 1. The van der Waals surface area contributed by atoms with Gasteiger partial charge < -0.3 is 5.73 Å². The molecule has 0 saturated carbocycles. The molecule has 0 saturated heterocycles. The van der Waals surface area contributed by atoms with Gasteiger partial charge in [-0.1, -0.05) is 18.2 Å². The Kier molecular flexibility index (Phi) is 2.62. The maximum Gasteiger partial charge on any atom is 0.0360 e. The summed E-state index contributed by atoms with van der Waals surface area (Å²) in [4.78, 5) is 0. The second-order valence-corrected chi connectivity index (χ2v) is 5.79. The highest BCUT2D eigenvalue weighted by molar-refractivity contribution is 9.10. The minimum absolute atomic E-state index is 0.245. The first kappa shape index (κ1) is 10.5. The Labute approximate surface area is 107 Å². The van der Waals surface area contributed by atoms with E-state index < -0.39 is 0 Å². The van der Waals surface area contributed by atoms with Gasteiger partial charge in [-0.3, -0.25) is 0 Å². The molecule has 1 aliphatic rings. The van der Waals surface area contributed by atoms with Crippen molar-refractivity contribution >= 4 is 27.3 Å². The Morgan fingerprint density at radius 2 is 2.19 bits per heavy atom. The van der Waals surface area contributed by atoms with Crippen LogP contribution in [0, 0.1) is 0 Å². The number of aryl methyl sites for hydroxylation is 1. The first-order valence-electron chi connectivity index (χ1n) is 5.36. The molecule has 0 fully saturated rings. The zero-order valence-corrected chi connectivity index (χ0v) is 11.1. The van der Waals surface area contributed by atoms with E-state index in [-0.39, 0.29) is 6.04 Å². The molecule has 2 aromatic rings. The van der Waals surface area contributed by atoms with E-state index in [9.17, 15) is 0 Å². The van der Waals surface area contributed by atoms with Crippen LogP contribution in [0.1, 0.15) is 23.6 Å². The Balaban J connectivity index is 2.09. The molecule has 82 valence electrons. The zero-order valence-electron chi connectivity index (χ0n) is 8.74. The van der Waals surface area contributed by atoms with Crippen LogP contribution in [0.5, 0.6) is 0 Å². The standard InChI is InChI=1S/C13H12BrNS/c14-12-7-16-6-11(12)9-1-3-10-8(5-9)2-4-13(10)15/h1,3,5-7,13H,2,4,15H2. The number of hydrogen-bond donors (Lipinski definition) is 1. The van der Waals surface area contributed by atoms with E-state index in [2.05, 4.69) is 44.9 Å². The van der Waals surface area contributed by atoms with Crippen LogP contribution in [-0.4, -0.2) is 0 Å². The van der Waals surface area contributed by atoms with Crippen molar-refractivity contribution in [2.45, 2.75) is 18.9 Å². The van der Waals surface area contributed by atoms with Gasteiger partial charge in [0.15, 0.2) is 0 Å². The highest BCUT2D eigenvalue weighted by Crippen LogP contribution is 2.36. The number of halogens is 1. The highest BCUT2D eigenvalue weighted by Gasteiger charge is 2.19. The topological polar surface area (TPSA) is 26.0 Å². The van der Waals surface area contributed by atoms with Crippen molar-refractivity contribution in [3.8, 4) is 11.1 Å². The average Bonchev–Trinajstić information content (AvgIpc) is 2.86. The lowest BCUT2D eigenvalue weighted by molar-refractivity contribution is 0.713. The molecular weight excluding hydrogens is 282 g/mol. The molecular formula is C13H12BrNS. The van der Waals surface area contributed by atoms with E-state index in [1.165, 1.54) is 26.7 Å². The molecule has 0 amide bonds. The van der Waals surface area contributed by atoms with E-state index in [1.807, 2.05) is 0 Å². The molecule has 1 unspecified atom stereocenters. The van der Waals surface area contributed by atoms with Crippen LogP contribution in [0.3, 0.4) is 0 Å². The quantitative estimate of drug-likeness (QED) is 0.841. The monoisotopic (exact) mass is 293 g/mol. The summed E-state index contributed by atoms with van der Waals surface area (Å²) in [6.45, 7) is 0. The van der Waals surface area contributed by atoms with Crippen molar-refractivity contribution in [1.82, 2.24) is 0 Å². The molecule has 1 aliphatic carbocycles. The Morgan fingerprint density at radius 1 is 1.31 bits per heavy atom. The number of benzene rings is 1. The summed E-state index contributed by atoms with van der Waals surface area (Å²) >= 11 is 5.30. The minimum Gasteiger partial charge on any atom is -0.324 e. The smallest absolute Gasteiger partial charge is 0.0360 e. The summed E-state index contributed by atoms with van der Waals surface area (Å²) in [6.07, 6.45) is 2.20. The van der Waals surface area contributed by atoms with Crippen molar-refractivity contribution in [1.29, 1.82) is 0 Å². The second-order valence-electron chi connectivity index (χ2n) is 4.19. The zero-order chi connectivity index (χ0) is 11.1. The van der Waals surface area contributed by atoms with Gasteiger partial charge in [-0.15, -0.1) is 0 Å². The molecule has 0 radical (unpaired) electrons. The second kappa shape index (κ2) is 3.99. The fraction of sp³-hybridized carbons (Fsp3) is 0.231. The molecule has 1 heterocycles. The molecule has 0 aliphatic heterocycles. The summed E-state index contributed by atoms with van der Waals surface area (Å²) in [5, 5.41) is 4.30. The lowest BCUT2D eigenvalue weighted by Gasteiger charge is -2.06. The van der Waals surface area contributed by atoms with Gasteiger partial charge in [-0.25, -0.2) is 0 Å². The van der Waals surface area contributed by atoms with E-state index in [0.29, 0.717) is 0 Å². The van der Waals surface area contributed by atoms with Crippen molar-refractivity contribution in [2.24, 2.45) is 5.73 Å².